The fourth-order valence-electron chi connectivity index (χ4n) is 1.73. The standard InChI is InChI=1S/C12H16N4O/c1-8(6-13-2)12(17)15-10-5-3-4-9-7-14-16-11(9)10/h3-5,7-8,13H,6H2,1-2H3,(H,14,16)(H,15,17). The first kappa shape index (κ1) is 11.6. The Morgan fingerprint density at radius 2 is 2.35 bits per heavy atom. The van der Waals surface area contributed by atoms with E-state index in [4.69, 9.17) is 0 Å². The summed E-state index contributed by atoms with van der Waals surface area (Å²) >= 11 is 0. The van der Waals surface area contributed by atoms with Gasteiger partial charge < -0.3 is 10.6 Å². The molecule has 17 heavy (non-hydrogen) atoms. The molecular formula is C12H16N4O. The molecule has 5 nitrogen and oxygen atoms in total. The van der Waals surface area contributed by atoms with Gasteiger partial charge in [0, 0.05) is 17.8 Å². The highest BCUT2D eigenvalue weighted by molar-refractivity contribution is 6.00. The zero-order chi connectivity index (χ0) is 12.3. The number of nitrogens with zero attached hydrogens (tertiary/aromatic N) is 1. The molecule has 1 aromatic carbocycles. The molecule has 0 radical (unpaired) electrons. The number of benzene rings is 1. The van der Waals surface area contributed by atoms with Gasteiger partial charge in [-0.2, -0.15) is 5.10 Å². The highest BCUT2D eigenvalue weighted by atomic mass is 16.1. The molecule has 0 spiro atoms. The van der Waals surface area contributed by atoms with Gasteiger partial charge in [-0.05, 0) is 13.1 Å². The molecule has 1 unspecified atom stereocenters. The van der Waals surface area contributed by atoms with Crippen molar-refractivity contribution in [3.05, 3.63) is 24.4 Å². The molecule has 0 aliphatic carbocycles. The zero-order valence-corrected chi connectivity index (χ0v) is 9.95. The molecule has 0 aliphatic heterocycles. The van der Waals surface area contributed by atoms with Gasteiger partial charge in [-0.1, -0.05) is 19.1 Å². The predicted octanol–water partition coefficient (Wildman–Crippen LogP) is 1.36. The van der Waals surface area contributed by atoms with Crippen molar-refractivity contribution in [3.8, 4) is 0 Å². The van der Waals surface area contributed by atoms with Crippen molar-refractivity contribution in [1.29, 1.82) is 0 Å². The topological polar surface area (TPSA) is 69.8 Å². The first-order chi connectivity index (χ1) is 8.22. The summed E-state index contributed by atoms with van der Waals surface area (Å²) in [6.45, 7) is 2.55. The maximum Gasteiger partial charge on any atom is 0.228 e. The summed E-state index contributed by atoms with van der Waals surface area (Å²) < 4.78 is 0. The lowest BCUT2D eigenvalue weighted by molar-refractivity contribution is -0.119. The van der Waals surface area contributed by atoms with Gasteiger partial charge in [0.05, 0.1) is 17.4 Å². The average Bonchev–Trinajstić information content (AvgIpc) is 2.78. The van der Waals surface area contributed by atoms with Crippen molar-refractivity contribution in [3.63, 3.8) is 0 Å². The first-order valence-electron chi connectivity index (χ1n) is 5.60. The molecule has 0 bridgehead atoms. The first-order valence-corrected chi connectivity index (χ1v) is 5.60. The number of aromatic nitrogens is 2. The maximum atomic E-state index is 11.9. The number of fused-ring (bicyclic) bond motifs is 1. The van der Waals surface area contributed by atoms with Crippen LogP contribution in [0.25, 0.3) is 10.9 Å². The summed E-state index contributed by atoms with van der Waals surface area (Å²) in [6.07, 6.45) is 1.74. The van der Waals surface area contributed by atoms with Gasteiger partial charge in [-0.3, -0.25) is 9.89 Å². The van der Waals surface area contributed by atoms with Crippen LogP contribution in [0.5, 0.6) is 0 Å². The van der Waals surface area contributed by atoms with E-state index >= 15 is 0 Å². The van der Waals surface area contributed by atoms with E-state index in [2.05, 4.69) is 20.8 Å². The van der Waals surface area contributed by atoms with Gasteiger partial charge in [0.1, 0.15) is 0 Å². The summed E-state index contributed by atoms with van der Waals surface area (Å²) in [4.78, 5) is 11.9. The molecule has 1 heterocycles. The Labute approximate surface area is 99.6 Å². The number of carbonyl (C=O) groups excluding carboxylic acids is 1. The SMILES string of the molecule is CNCC(C)C(=O)Nc1cccc2cn[nH]c12. The van der Waals surface area contributed by atoms with Gasteiger partial charge in [0.2, 0.25) is 5.91 Å². The Morgan fingerprint density at radius 3 is 3.12 bits per heavy atom. The highest BCUT2D eigenvalue weighted by Gasteiger charge is 2.13. The number of aromatic amines is 1. The van der Waals surface area contributed by atoms with Crippen molar-refractivity contribution in [2.45, 2.75) is 6.92 Å². The summed E-state index contributed by atoms with van der Waals surface area (Å²) in [6, 6.07) is 5.71. The molecule has 0 saturated carbocycles. The van der Waals surface area contributed by atoms with E-state index in [-0.39, 0.29) is 11.8 Å². The Hall–Kier alpha value is -1.88. The number of hydrogen-bond donors (Lipinski definition) is 3. The quantitative estimate of drug-likeness (QED) is 0.745. The van der Waals surface area contributed by atoms with Crippen LogP contribution in [0.2, 0.25) is 0 Å². The number of nitrogens with one attached hydrogen (secondary N) is 3. The molecule has 1 atom stereocenters. The van der Waals surface area contributed by atoms with Crippen LogP contribution < -0.4 is 10.6 Å². The minimum atomic E-state index is -0.0711. The second-order valence-corrected chi connectivity index (χ2v) is 4.09. The lowest BCUT2D eigenvalue weighted by Gasteiger charge is -2.11. The van der Waals surface area contributed by atoms with Crippen LogP contribution in [-0.2, 0) is 4.79 Å². The van der Waals surface area contributed by atoms with Crippen molar-refractivity contribution in [1.82, 2.24) is 15.5 Å². The van der Waals surface area contributed by atoms with Crippen LogP contribution in [0, 0.1) is 5.92 Å². The Kier molecular flexibility index (Phi) is 3.39. The molecule has 1 amide bonds. The lowest BCUT2D eigenvalue weighted by Crippen LogP contribution is -2.28. The Balaban J connectivity index is 2.18. The van der Waals surface area contributed by atoms with Crippen LogP contribution in [0.3, 0.4) is 0 Å². The second-order valence-electron chi connectivity index (χ2n) is 4.09. The van der Waals surface area contributed by atoms with E-state index in [0.29, 0.717) is 6.54 Å². The van der Waals surface area contributed by atoms with Crippen molar-refractivity contribution < 1.29 is 4.79 Å². The largest absolute Gasteiger partial charge is 0.324 e. The third-order valence-electron chi connectivity index (χ3n) is 2.69. The molecule has 2 rings (SSSR count). The van der Waals surface area contributed by atoms with Gasteiger partial charge in [0.15, 0.2) is 0 Å². The summed E-state index contributed by atoms with van der Waals surface area (Å²) in [7, 11) is 1.83. The molecule has 3 N–H and O–H groups in total. The smallest absolute Gasteiger partial charge is 0.228 e. The van der Waals surface area contributed by atoms with E-state index in [1.807, 2.05) is 32.2 Å². The van der Waals surface area contributed by atoms with Crippen molar-refractivity contribution in [2.75, 3.05) is 18.9 Å². The molecule has 0 saturated heterocycles. The Bertz CT molecular complexity index is 520. The molecule has 2 aromatic rings. The summed E-state index contributed by atoms with van der Waals surface area (Å²) in [5, 5.41) is 13.7. The maximum absolute atomic E-state index is 11.9. The van der Waals surface area contributed by atoms with Crippen LogP contribution in [0.4, 0.5) is 5.69 Å². The van der Waals surface area contributed by atoms with E-state index in [1.165, 1.54) is 0 Å². The van der Waals surface area contributed by atoms with Crippen LogP contribution in [0.1, 0.15) is 6.92 Å². The van der Waals surface area contributed by atoms with Crippen LogP contribution >= 0.6 is 0 Å². The normalized spacial score (nSPS) is 12.6. The van der Waals surface area contributed by atoms with E-state index < -0.39 is 0 Å². The van der Waals surface area contributed by atoms with Crippen molar-refractivity contribution >= 4 is 22.5 Å². The van der Waals surface area contributed by atoms with Gasteiger partial charge >= 0.3 is 0 Å². The number of amides is 1. The zero-order valence-electron chi connectivity index (χ0n) is 9.95. The minimum absolute atomic E-state index is 0.00134. The number of rotatable bonds is 4. The second kappa shape index (κ2) is 4.97. The summed E-state index contributed by atoms with van der Waals surface area (Å²) in [5.41, 5.74) is 1.63. The number of hydrogen-bond acceptors (Lipinski definition) is 3. The summed E-state index contributed by atoms with van der Waals surface area (Å²) in [5.74, 6) is -0.0698. The van der Waals surface area contributed by atoms with Crippen LogP contribution in [-0.4, -0.2) is 29.7 Å². The third-order valence-corrected chi connectivity index (χ3v) is 2.69. The number of para-hydroxylation sites is 1. The monoisotopic (exact) mass is 232 g/mol. The Morgan fingerprint density at radius 1 is 1.53 bits per heavy atom. The molecule has 0 fully saturated rings. The van der Waals surface area contributed by atoms with Crippen LogP contribution in [0.15, 0.2) is 24.4 Å². The van der Waals surface area contributed by atoms with Gasteiger partial charge in [0.25, 0.3) is 0 Å². The number of carbonyl (C=O) groups is 1. The fourth-order valence-corrected chi connectivity index (χ4v) is 1.73. The van der Waals surface area contributed by atoms with Gasteiger partial charge in [-0.15, -0.1) is 0 Å². The molecular weight excluding hydrogens is 216 g/mol. The number of H-pyrrole nitrogens is 1. The van der Waals surface area contributed by atoms with Crippen molar-refractivity contribution in [2.24, 2.45) is 5.92 Å². The molecule has 5 heteroatoms. The molecule has 0 aliphatic rings. The molecule has 1 aromatic heterocycles. The minimum Gasteiger partial charge on any atom is -0.324 e. The van der Waals surface area contributed by atoms with Gasteiger partial charge in [-0.25, -0.2) is 0 Å². The number of anilines is 1. The highest BCUT2D eigenvalue weighted by Crippen LogP contribution is 2.20. The predicted molar refractivity (Wildman–Crippen MR) is 67.8 cm³/mol. The average molecular weight is 232 g/mol. The van der Waals surface area contributed by atoms with E-state index in [1.54, 1.807) is 6.20 Å². The molecule has 90 valence electrons. The van der Waals surface area contributed by atoms with E-state index in [9.17, 15) is 4.79 Å². The lowest BCUT2D eigenvalue weighted by atomic mass is 10.1. The fraction of sp³-hybridized carbons (Fsp3) is 0.333. The third kappa shape index (κ3) is 2.45. The van der Waals surface area contributed by atoms with E-state index in [0.717, 1.165) is 16.6 Å².